The fourth-order valence-corrected chi connectivity index (χ4v) is 5.47. The summed E-state index contributed by atoms with van der Waals surface area (Å²) in [6.45, 7) is 3.20. The van der Waals surface area contributed by atoms with E-state index in [4.69, 9.17) is 11.6 Å². The monoisotopic (exact) mass is 465 g/mol. The van der Waals surface area contributed by atoms with Crippen LogP contribution in [0.2, 0.25) is 5.02 Å². The smallest absolute Gasteiger partial charge is 0.289 e. The van der Waals surface area contributed by atoms with E-state index >= 15 is 0 Å². The number of benzene rings is 2. The average Bonchev–Trinajstić information content (AvgIpc) is 3.19. The van der Waals surface area contributed by atoms with Gasteiger partial charge in [-0.25, -0.2) is 8.42 Å². The van der Waals surface area contributed by atoms with Crippen molar-refractivity contribution in [1.29, 1.82) is 0 Å². The predicted molar refractivity (Wildman–Crippen MR) is 119 cm³/mol. The lowest BCUT2D eigenvalue weighted by molar-refractivity contribution is -0.384. The Morgan fingerprint density at radius 2 is 1.87 bits per heavy atom. The van der Waals surface area contributed by atoms with Gasteiger partial charge in [-0.2, -0.15) is 0 Å². The van der Waals surface area contributed by atoms with Gasteiger partial charge in [0.05, 0.1) is 15.5 Å². The number of hydrogen-bond donors (Lipinski definition) is 1. The zero-order chi connectivity index (χ0) is 22.8. The Balaban J connectivity index is 2.03. The Labute approximate surface area is 186 Å². The van der Waals surface area contributed by atoms with Crippen molar-refractivity contribution in [2.75, 3.05) is 10.8 Å². The lowest BCUT2D eigenvalue weighted by Crippen LogP contribution is -2.44. The SMILES string of the molecule is Cc1ccc(N(CC(=O)NC2CCCC2)S(=O)(=O)c2ccc(Cl)c([N+](=O)[O-])c2)c(C)c1. The molecular formula is C21H24ClN3O5S. The number of amides is 1. The number of sulfonamides is 1. The summed E-state index contributed by atoms with van der Waals surface area (Å²) in [5.74, 6) is -0.418. The van der Waals surface area contributed by atoms with Gasteiger partial charge in [0.25, 0.3) is 15.7 Å². The molecule has 166 valence electrons. The van der Waals surface area contributed by atoms with Crippen molar-refractivity contribution in [2.24, 2.45) is 0 Å². The van der Waals surface area contributed by atoms with E-state index in [1.54, 1.807) is 19.1 Å². The summed E-state index contributed by atoms with van der Waals surface area (Å²) in [4.78, 5) is 22.9. The van der Waals surface area contributed by atoms with Crippen molar-refractivity contribution in [3.8, 4) is 0 Å². The van der Waals surface area contributed by atoms with E-state index < -0.39 is 33.1 Å². The second kappa shape index (κ2) is 9.23. The first-order chi connectivity index (χ1) is 14.6. The van der Waals surface area contributed by atoms with Crippen LogP contribution in [0.25, 0.3) is 0 Å². The summed E-state index contributed by atoms with van der Waals surface area (Å²) in [5, 5.41) is 14.0. The Bertz CT molecular complexity index is 1110. The first-order valence-corrected chi connectivity index (χ1v) is 11.7. The summed E-state index contributed by atoms with van der Waals surface area (Å²) < 4.78 is 28.0. The normalized spacial score (nSPS) is 14.4. The van der Waals surface area contributed by atoms with Crippen LogP contribution in [0.5, 0.6) is 0 Å². The largest absolute Gasteiger partial charge is 0.352 e. The number of rotatable bonds is 7. The third kappa shape index (κ3) is 5.16. The Hall–Kier alpha value is -2.65. The molecule has 10 heteroatoms. The van der Waals surface area contributed by atoms with Gasteiger partial charge in [0.2, 0.25) is 5.91 Å². The molecule has 0 bridgehead atoms. The van der Waals surface area contributed by atoms with E-state index in [0.29, 0.717) is 11.3 Å². The summed E-state index contributed by atoms with van der Waals surface area (Å²) in [5.41, 5.74) is 1.43. The van der Waals surface area contributed by atoms with Gasteiger partial charge in [-0.15, -0.1) is 0 Å². The Morgan fingerprint density at radius 3 is 2.48 bits per heavy atom. The molecule has 0 atom stereocenters. The maximum atomic E-state index is 13.5. The molecule has 1 aliphatic carbocycles. The van der Waals surface area contributed by atoms with Gasteiger partial charge in [-0.1, -0.05) is 42.1 Å². The molecule has 0 radical (unpaired) electrons. The quantitative estimate of drug-likeness (QED) is 0.488. The molecule has 3 rings (SSSR count). The average molecular weight is 466 g/mol. The fraction of sp³-hybridized carbons (Fsp3) is 0.381. The number of carbonyl (C=O) groups excluding carboxylic acids is 1. The molecule has 0 aromatic heterocycles. The van der Waals surface area contributed by atoms with Crippen LogP contribution in [0.3, 0.4) is 0 Å². The van der Waals surface area contributed by atoms with Gasteiger partial charge >= 0.3 is 0 Å². The number of nitrogens with zero attached hydrogens (tertiary/aromatic N) is 2. The maximum absolute atomic E-state index is 13.5. The number of aryl methyl sites for hydroxylation is 2. The molecule has 0 heterocycles. The number of halogens is 1. The van der Waals surface area contributed by atoms with Crippen molar-refractivity contribution in [1.82, 2.24) is 5.32 Å². The van der Waals surface area contributed by atoms with E-state index in [1.807, 2.05) is 13.0 Å². The number of nitro groups is 1. The maximum Gasteiger partial charge on any atom is 0.289 e. The van der Waals surface area contributed by atoms with Crippen molar-refractivity contribution >= 4 is 38.9 Å². The van der Waals surface area contributed by atoms with Gasteiger partial charge in [-0.05, 0) is 50.5 Å². The molecule has 0 saturated heterocycles. The van der Waals surface area contributed by atoms with Gasteiger partial charge in [0, 0.05) is 12.1 Å². The van der Waals surface area contributed by atoms with Crippen LogP contribution in [-0.4, -0.2) is 31.8 Å². The van der Waals surface area contributed by atoms with E-state index in [0.717, 1.165) is 41.6 Å². The van der Waals surface area contributed by atoms with Crippen molar-refractivity contribution in [2.45, 2.75) is 50.5 Å². The molecule has 1 N–H and O–H groups in total. The van der Waals surface area contributed by atoms with Crippen LogP contribution in [0, 0.1) is 24.0 Å². The molecule has 1 saturated carbocycles. The second-order valence-corrected chi connectivity index (χ2v) is 9.99. The van der Waals surface area contributed by atoms with Gasteiger partial charge in [0.1, 0.15) is 11.6 Å². The third-order valence-corrected chi connectivity index (χ3v) is 7.41. The lowest BCUT2D eigenvalue weighted by atomic mass is 10.1. The summed E-state index contributed by atoms with van der Waals surface area (Å²) in [6, 6.07) is 8.54. The van der Waals surface area contributed by atoms with Crippen molar-refractivity contribution < 1.29 is 18.1 Å². The fourth-order valence-electron chi connectivity index (χ4n) is 3.78. The van der Waals surface area contributed by atoms with Gasteiger partial charge in [-0.3, -0.25) is 19.2 Å². The van der Waals surface area contributed by atoms with Crippen LogP contribution < -0.4 is 9.62 Å². The van der Waals surface area contributed by atoms with E-state index in [-0.39, 0.29) is 16.0 Å². The van der Waals surface area contributed by atoms with Crippen LogP contribution in [0.4, 0.5) is 11.4 Å². The minimum Gasteiger partial charge on any atom is -0.352 e. The summed E-state index contributed by atoms with van der Waals surface area (Å²) in [7, 11) is -4.28. The van der Waals surface area contributed by atoms with Crippen LogP contribution >= 0.6 is 11.6 Å². The zero-order valence-corrected chi connectivity index (χ0v) is 18.9. The Kier molecular flexibility index (Phi) is 6.86. The Morgan fingerprint density at radius 1 is 1.19 bits per heavy atom. The topological polar surface area (TPSA) is 110 Å². The molecule has 0 aliphatic heterocycles. The number of hydrogen-bond acceptors (Lipinski definition) is 5. The van der Waals surface area contributed by atoms with Crippen molar-refractivity contribution in [3.63, 3.8) is 0 Å². The highest BCUT2D eigenvalue weighted by Crippen LogP contribution is 2.32. The molecule has 2 aromatic rings. The highest BCUT2D eigenvalue weighted by Gasteiger charge is 2.31. The van der Waals surface area contributed by atoms with Crippen LogP contribution in [-0.2, 0) is 14.8 Å². The molecule has 1 aliphatic rings. The van der Waals surface area contributed by atoms with Crippen molar-refractivity contribution in [3.05, 3.63) is 62.7 Å². The highest BCUT2D eigenvalue weighted by atomic mass is 35.5. The third-order valence-electron chi connectivity index (χ3n) is 5.33. The van der Waals surface area contributed by atoms with Gasteiger partial charge in [0.15, 0.2) is 0 Å². The van der Waals surface area contributed by atoms with E-state index in [1.165, 1.54) is 12.1 Å². The van der Waals surface area contributed by atoms with E-state index in [2.05, 4.69) is 5.32 Å². The first kappa shape index (κ1) is 23.0. The van der Waals surface area contributed by atoms with Gasteiger partial charge < -0.3 is 5.32 Å². The minimum atomic E-state index is -4.28. The number of carbonyl (C=O) groups is 1. The summed E-state index contributed by atoms with van der Waals surface area (Å²) >= 11 is 5.85. The predicted octanol–water partition coefficient (Wildman–Crippen LogP) is 4.12. The molecular weight excluding hydrogens is 442 g/mol. The van der Waals surface area contributed by atoms with E-state index in [9.17, 15) is 23.3 Å². The lowest BCUT2D eigenvalue weighted by Gasteiger charge is -2.26. The minimum absolute atomic E-state index is 0.0350. The standard InChI is InChI=1S/C21H24ClN3O5S/c1-14-7-10-19(15(2)11-14)24(13-21(26)23-16-5-3-4-6-16)31(29,30)17-8-9-18(22)20(12-17)25(27)28/h7-12,16H,3-6,13H2,1-2H3,(H,23,26). The molecule has 1 amide bonds. The first-order valence-electron chi connectivity index (χ1n) is 9.93. The molecule has 31 heavy (non-hydrogen) atoms. The molecule has 2 aromatic carbocycles. The number of nitro benzene ring substituents is 1. The van der Waals surface area contributed by atoms with Crippen LogP contribution in [0.1, 0.15) is 36.8 Å². The molecule has 1 fully saturated rings. The second-order valence-electron chi connectivity index (χ2n) is 7.72. The highest BCUT2D eigenvalue weighted by molar-refractivity contribution is 7.92. The number of anilines is 1. The molecule has 0 spiro atoms. The molecule has 0 unspecified atom stereocenters. The number of nitrogens with one attached hydrogen (secondary N) is 1. The zero-order valence-electron chi connectivity index (χ0n) is 17.3. The molecule has 8 nitrogen and oxygen atoms in total. The van der Waals surface area contributed by atoms with Crippen LogP contribution in [0.15, 0.2) is 41.3 Å². The summed E-state index contributed by atoms with van der Waals surface area (Å²) in [6.07, 6.45) is 3.79.